The maximum Gasteiger partial charge on any atom is 0.148 e. The second-order valence-corrected chi connectivity index (χ2v) is 5.46. The average Bonchev–Trinajstić information content (AvgIpc) is 2.67. The van der Waals surface area contributed by atoms with Crippen LogP contribution in [0.25, 0.3) is 10.9 Å². The molecule has 0 radical (unpaired) electrons. The first-order valence-electron chi connectivity index (χ1n) is 6.22. The number of thioether (sulfide) groups is 1. The fourth-order valence-corrected chi connectivity index (χ4v) is 2.75. The minimum absolute atomic E-state index is 0.261. The zero-order valence-corrected chi connectivity index (χ0v) is 11.7. The second-order valence-electron chi connectivity index (χ2n) is 4.36. The molecule has 2 aromatic rings. The van der Waals surface area contributed by atoms with Gasteiger partial charge in [0.05, 0.1) is 23.4 Å². The van der Waals surface area contributed by atoms with Crippen LogP contribution in [0.4, 0.5) is 0 Å². The van der Waals surface area contributed by atoms with Crippen LogP contribution < -0.4 is 0 Å². The molecule has 0 amide bonds. The van der Waals surface area contributed by atoms with E-state index in [2.05, 4.69) is 12.0 Å². The van der Waals surface area contributed by atoms with Crippen LogP contribution in [0.2, 0.25) is 0 Å². The summed E-state index contributed by atoms with van der Waals surface area (Å²) in [5.74, 6) is 1.91. The minimum atomic E-state index is 0.261. The molecule has 0 aliphatic heterocycles. The first-order valence-corrected chi connectivity index (χ1v) is 7.38. The monoisotopic (exact) mass is 262 g/mol. The van der Waals surface area contributed by atoms with Crippen LogP contribution in [0.1, 0.15) is 19.0 Å². The van der Waals surface area contributed by atoms with E-state index in [1.165, 1.54) is 0 Å². The molecule has 2 rings (SSSR count). The van der Waals surface area contributed by atoms with E-state index in [1.807, 2.05) is 36.0 Å². The van der Waals surface area contributed by atoms with Crippen molar-refractivity contribution in [1.29, 1.82) is 0 Å². The first-order chi connectivity index (χ1) is 8.72. The molecule has 0 saturated heterocycles. The predicted octanol–water partition coefficient (Wildman–Crippen LogP) is 2.83. The smallest absolute Gasteiger partial charge is 0.148 e. The van der Waals surface area contributed by atoms with Gasteiger partial charge in [-0.15, -0.1) is 0 Å². The van der Waals surface area contributed by atoms with Crippen molar-refractivity contribution in [1.82, 2.24) is 9.78 Å². The summed E-state index contributed by atoms with van der Waals surface area (Å²) in [7, 11) is 1.92. The van der Waals surface area contributed by atoms with E-state index in [9.17, 15) is 4.79 Å². The highest BCUT2D eigenvalue weighted by Crippen LogP contribution is 2.18. The van der Waals surface area contributed by atoms with Crippen molar-refractivity contribution in [2.75, 3.05) is 11.5 Å². The van der Waals surface area contributed by atoms with Gasteiger partial charge in [-0.3, -0.25) is 9.48 Å². The Morgan fingerprint density at radius 3 is 2.94 bits per heavy atom. The van der Waals surface area contributed by atoms with Gasteiger partial charge >= 0.3 is 0 Å². The Bertz CT molecular complexity index is 548. The zero-order valence-electron chi connectivity index (χ0n) is 10.8. The fourth-order valence-electron chi connectivity index (χ4n) is 1.99. The maximum absolute atomic E-state index is 11.9. The molecule has 96 valence electrons. The summed E-state index contributed by atoms with van der Waals surface area (Å²) in [4.78, 5) is 11.9. The number of hydrogen-bond acceptors (Lipinski definition) is 3. The van der Waals surface area contributed by atoms with Crippen molar-refractivity contribution in [3.05, 3.63) is 30.0 Å². The molecule has 4 heteroatoms. The summed E-state index contributed by atoms with van der Waals surface area (Å²) < 4.78 is 1.84. The molecule has 0 unspecified atom stereocenters. The summed E-state index contributed by atoms with van der Waals surface area (Å²) in [5.41, 5.74) is 1.98. The summed E-state index contributed by atoms with van der Waals surface area (Å²) in [5, 5.41) is 5.54. The number of aromatic nitrogens is 2. The van der Waals surface area contributed by atoms with Crippen LogP contribution in [-0.4, -0.2) is 27.1 Å². The number of ketones is 1. The Balaban J connectivity index is 2.10. The van der Waals surface area contributed by atoms with E-state index in [-0.39, 0.29) is 5.78 Å². The van der Waals surface area contributed by atoms with Crippen LogP contribution in [0, 0.1) is 0 Å². The van der Waals surface area contributed by atoms with Gasteiger partial charge in [-0.05, 0) is 18.2 Å². The lowest BCUT2D eigenvalue weighted by Gasteiger charge is -1.98. The summed E-state index contributed by atoms with van der Waals surface area (Å²) >= 11 is 1.71. The van der Waals surface area contributed by atoms with Crippen LogP contribution >= 0.6 is 11.8 Å². The van der Waals surface area contributed by atoms with Crippen molar-refractivity contribution in [2.45, 2.75) is 19.8 Å². The topological polar surface area (TPSA) is 34.9 Å². The van der Waals surface area contributed by atoms with E-state index in [4.69, 9.17) is 0 Å². The number of nitrogens with zero attached hydrogens (tertiary/aromatic N) is 2. The van der Waals surface area contributed by atoms with Gasteiger partial charge in [0.2, 0.25) is 0 Å². The highest BCUT2D eigenvalue weighted by molar-refractivity contribution is 7.99. The number of aryl methyl sites for hydroxylation is 1. The third kappa shape index (κ3) is 2.93. The molecule has 0 fully saturated rings. The molecule has 0 aliphatic carbocycles. The molecule has 0 saturated carbocycles. The second kappa shape index (κ2) is 6.05. The maximum atomic E-state index is 11.9. The standard InChI is InChI=1S/C14H18N2OS/c1-3-8-18-10-11(17)9-13-12-6-4-5-7-14(12)16(2)15-13/h4-7H,3,8-10H2,1-2H3. The van der Waals surface area contributed by atoms with Crippen molar-refractivity contribution >= 4 is 28.4 Å². The lowest BCUT2D eigenvalue weighted by molar-refractivity contribution is -0.116. The summed E-state index contributed by atoms with van der Waals surface area (Å²) in [6.45, 7) is 2.13. The Hall–Kier alpha value is -1.29. The Kier molecular flexibility index (Phi) is 4.42. The predicted molar refractivity (Wildman–Crippen MR) is 77.0 cm³/mol. The lowest BCUT2D eigenvalue weighted by atomic mass is 10.1. The Labute approximate surface area is 112 Å². The van der Waals surface area contributed by atoms with Gasteiger partial charge in [0.25, 0.3) is 0 Å². The Morgan fingerprint density at radius 1 is 1.39 bits per heavy atom. The average molecular weight is 262 g/mol. The molecule has 1 aromatic heterocycles. The quantitative estimate of drug-likeness (QED) is 0.751. The van der Waals surface area contributed by atoms with Gasteiger partial charge in [-0.25, -0.2) is 0 Å². The number of hydrogen-bond donors (Lipinski definition) is 0. The number of fused-ring (bicyclic) bond motifs is 1. The lowest BCUT2D eigenvalue weighted by Crippen LogP contribution is -2.07. The molecular weight excluding hydrogens is 244 g/mol. The molecule has 3 nitrogen and oxygen atoms in total. The fraction of sp³-hybridized carbons (Fsp3) is 0.429. The third-order valence-corrected chi connectivity index (χ3v) is 4.03. The van der Waals surface area contributed by atoms with Crippen molar-refractivity contribution in [2.24, 2.45) is 7.05 Å². The zero-order chi connectivity index (χ0) is 13.0. The summed E-state index contributed by atoms with van der Waals surface area (Å²) in [6, 6.07) is 8.04. The number of rotatable bonds is 6. The minimum Gasteiger partial charge on any atom is -0.298 e. The third-order valence-electron chi connectivity index (χ3n) is 2.81. The molecule has 18 heavy (non-hydrogen) atoms. The van der Waals surface area contributed by atoms with Crippen LogP contribution in [0.15, 0.2) is 24.3 Å². The number of carbonyl (C=O) groups excluding carboxylic acids is 1. The molecule has 0 N–H and O–H groups in total. The van der Waals surface area contributed by atoms with Gasteiger partial charge in [0, 0.05) is 12.4 Å². The van der Waals surface area contributed by atoms with E-state index in [0.29, 0.717) is 12.2 Å². The van der Waals surface area contributed by atoms with Crippen molar-refractivity contribution < 1.29 is 4.79 Å². The first kappa shape index (κ1) is 13.1. The molecule has 0 atom stereocenters. The summed E-state index contributed by atoms with van der Waals surface area (Å²) in [6.07, 6.45) is 1.56. The van der Waals surface area contributed by atoms with E-state index >= 15 is 0 Å². The van der Waals surface area contributed by atoms with Crippen molar-refractivity contribution in [3.63, 3.8) is 0 Å². The molecule has 0 spiro atoms. The molecular formula is C14H18N2OS. The largest absolute Gasteiger partial charge is 0.298 e. The van der Waals surface area contributed by atoms with Gasteiger partial charge in [-0.2, -0.15) is 16.9 Å². The highest BCUT2D eigenvalue weighted by Gasteiger charge is 2.11. The van der Waals surface area contributed by atoms with E-state index < -0.39 is 0 Å². The number of Topliss-reactive ketones (excluding diaryl/α,β-unsaturated/α-hetero) is 1. The molecule has 0 bridgehead atoms. The molecule has 1 aromatic carbocycles. The molecule has 0 aliphatic rings. The highest BCUT2D eigenvalue weighted by atomic mass is 32.2. The molecule has 1 heterocycles. The van der Waals surface area contributed by atoms with Gasteiger partial charge in [0.15, 0.2) is 0 Å². The number of benzene rings is 1. The Morgan fingerprint density at radius 2 is 2.17 bits per heavy atom. The van der Waals surface area contributed by atoms with Crippen molar-refractivity contribution in [3.8, 4) is 0 Å². The van der Waals surface area contributed by atoms with Crippen LogP contribution in [-0.2, 0) is 18.3 Å². The number of carbonyl (C=O) groups is 1. The van der Waals surface area contributed by atoms with Gasteiger partial charge < -0.3 is 0 Å². The number of para-hydroxylation sites is 1. The normalized spacial score (nSPS) is 11.0. The van der Waals surface area contributed by atoms with E-state index in [0.717, 1.165) is 28.8 Å². The van der Waals surface area contributed by atoms with Crippen LogP contribution in [0.3, 0.4) is 0 Å². The SMILES string of the molecule is CCCSCC(=O)Cc1nn(C)c2ccccc12. The van der Waals surface area contributed by atoms with E-state index in [1.54, 1.807) is 11.8 Å². The van der Waals surface area contributed by atoms with Crippen LogP contribution in [0.5, 0.6) is 0 Å². The van der Waals surface area contributed by atoms with Gasteiger partial charge in [-0.1, -0.05) is 25.1 Å². The van der Waals surface area contributed by atoms with Gasteiger partial charge in [0.1, 0.15) is 5.78 Å².